The molecular weight excluding hydrogens is 207 g/mol. The van der Waals surface area contributed by atoms with Gasteiger partial charge in [-0.3, -0.25) is 0 Å². The molecule has 0 aliphatic rings. The molecule has 0 saturated heterocycles. The first kappa shape index (κ1) is 10.9. The molecule has 1 unspecified atom stereocenters. The Bertz CT molecular complexity index is 500. The number of rotatable bonds is 2. The number of hydrogen-bond acceptors (Lipinski definition) is 2. The molecule has 0 fully saturated rings. The van der Waals surface area contributed by atoms with Crippen molar-refractivity contribution in [2.45, 2.75) is 20.0 Å². The predicted octanol–water partition coefficient (Wildman–Crippen LogP) is 3.45. The molecule has 1 atom stereocenters. The van der Waals surface area contributed by atoms with E-state index in [2.05, 4.69) is 0 Å². The molecule has 16 heavy (non-hydrogen) atoms. The summed E-state index contributed by atoms with van der Waals surface area (Å²) in [5.41, 5.74) is 1.65. The molecule has 1 heterocycles. The Morgan fingerprint density at radius 2 is 2.00 bits per heavy atom. The second-order valence-corrected chi connectivity index (χ2v) is 3.84. The molecule has 0 aliphatic heterocycles. The van der Waals surface area contributed by atoms with Crippen molar-refractivity contribution in [3.8, 4) is 11.3 Å². The summed E-state index contributed by atoms with van der Waals surface area (Å²) in [6, 6.07) is 7.99. The summed E-state index contributed by atoms with van der Waals surface area (Å²) >= 11 is 0. The van der Waals surface area contributed by atoms with E-state index in [-0.39, 0.29) is 5.82 Å². The summed E-state index contributed by atoms with van der Waals surface area (Å²) in [5, 5.41) is 9.34. The summed E-state index contributed by atoms with van der Waals surface area (Å²) in [4.78, 5) is 0. The number of furan rings is 1. The van der Waals surface area contributed by atoms with Gasteiger partial charge in [0.25, 0.3) is 0 Å². The van der Waals surface area contributed by atoms with Gasteiger partial charge in [0.05, 0.1) is 0 Å². The van der Waals surface area contributed by atoms with E-state index in [0.717, 1.165) is 5.56 Å². The first-order valence-corrected chi connectivity index (χ1v) is 5.12. The lowest BCUT2D eigenvalue weighted by Gasteiger charge is -2.03. The number of aliphatic hydroxyl groups excluding tert-OH is 1. The van der Waals surface area contributed by atoms with E-state index in [9.17, 15) is 9.50 Å². The summed E-state index contributed by atoms with van der Waals surface area (Å²) < 4.78 is 18.6. The highest BCUT2D eigenvalue weighted by Gasteiger charge is 2.11. The molecule has 0 saturated carbocycles. The lowest BCUT2D eigenvalue weighted by atomic mass is 10.1. The summed E-state index contributed by atoms with van der Waals surface area (Å²) in [5.74, 6) is 0.766. The van der Waals surface area contributed by atoms with E-state index >= 15 is 0 Å². The lowest BCUT2D eigenvalue weighted by molar-refractivity contribution is 0.170. The normalized spacial score (nSPS) is 12.8. The van der Waals surface area contributed by atoms with E-state index in [1.54, 1.807) is 25.1 Å². The molecule has 0 aliphatic carbocycles. The largest absolute Gasteiger partial charge is 0.458 e. The predicted molar refractivity (Wildman–Crippen MR) is 59.5 cm³/mol. The highest BCUT2D eigenvalue weighted by Crippen LogP contribution is 2.28. The Labute approximate surface area is 93.3 Å². The minimum Gasteiger partial charge on any atom is -0.458 e. The van der Waals surface area contributed by atoms with Crippen LogP contribution in [0.4, 0.5) is 4.39 Å². The average molecular weight is 220 g/mol. The lowest BCUT2D eigenvalue weighted by Crippen LogP contribution is -1.86. The summed E-state index contributed by atoms with van der Waals surface area (Å²) in [7, 11) is 0. The van der Waals surface area contributed by atoms with Crippen LogP contribution in [0.25, 0.3) is 11.3 Å². The van der Waals surface area contributed by atoms with Crippen LogP contribution < -0.4 is 0 Å². The minimum atomic E-state index is -0.650. The molecule has 1 N–H and O–H groups in total. The summed E-state index contributed by atoms with van der Waals surface area (Å²) in [6.45, 7) is 3.51. The van der Waals surface area contributed by atoms with Gasteiger partial charge in [0.1, 0.15) is 23.4 Å². The van der Waals surface area contributed by atoms with Gasteiger partial charge in [-0.05, 0) is 43.7 Å². The van der Waals surface area contributed by atoms with E-state index < -0.39 is 6.10 Å². The van der Waals surface area contributed by atoms with Gasteiger partial charge in [-0.15, -0.1) is 0 Å². The molecule has 2 nitrogen and oxygen atoms in total. The molecule has 1 aromatic heterocycles. The van der Waals surface area contributed by atoms with Crippen molar-refractivity contribution in [2.24, 2.45) is 0 Å². The Morgan fingerprint density at radius 1 is 1.25 bits per heavy atom. The smallest absolute Gasteiger partial charge is 0.134 e. The fourth-order valence-corrected chi connectivity index (χ4v) is 1.58. The van der Waals surface area contributed by atoms with Gasteiger partial charge in [0.15, 0.2) is 0 Å². The maximum atomic E-state index is 13.1. The van der Waals surface area contributed by atoms with Crippen LogP contribution in [0, 0.1) is 12.7 Å². The quantitative estimate of drug-likeness (QED) is 0.840. The molecule has 0 radical (unpaired) electrons. The van der Waals surface area contributed by atoms with Crippen LogP contribution in [0.15, 0.2) is 34.7 Å². The molecule has 0 bridgehead atoms. The van der Waals surface area contributed by atoms with Crippen LogP contribution >= 0.6 is 0 Å². The Balaban J connectivity index is 2.46. The van der Waals surface area contributed by atoms with Gasteiger partial charge in [-0.25, -0.2) is 4.39 Å². The molecule has 0 amide bonds. The van der Waals surface area contributed by atoms with Crippen molar-refractivity contribution in [3.05, 3.63) is 47.5 Å². The van der Waals surface area contributed by atoms with Crippen molar-refractivity contribution in [3.63, 3.8) is 0 Å². The minimum absolute atomic E-state index is 0.296. The van der Waals surface area contributed by atoms with E-state index in [4.69, 9.17) is 4.42 Å². The van der Waals surface area contributed by atoms with Crippen LogP contribution in [-0.4, -0.2) is 5.11 Å². The van der Waals surface area contributed by atoms with Gasteiger partial charge in [0, 0.05) is 5.56 Å². The zero-order valence-electron chi connectivity index (χ0n) is 9.20. The Morgan fingerprint density at radius 3 is 2.62 bits per heavy atom. The van der Waals surface area contributed by atoms with Crippen molar-refractivity contribution in [2.75, 3.05) is 0 Å². The van der Waals surface area contributed by atoms with Gasteiger partial charge in [-0.1, -0.05) is 6.07 Å². The molecule has 2 aromatic rings. The van der Waals surface area contributed by atoms with Crippen LogP contribution in [0.3, 0.4) is 0 Å². The number of hydrogen-bond donors (Lipinski definition) is 1. The molecule has 3 heteroatoms. The van der Waals surface area contributed by atoms with Gasteiger partial charge in [0.2, 0.25) is 0 Å². The SMILES string of the molecule is Cc1ccc(F)cc1-c1ccc(C(C)O)o1. The molecule has 1 aromatic carbocycles. The monoisotopic (exact) mass is 220 g/mol. The summed E-state index contributed by atoms with van der Waals surface area (Å²) in [6.07, 6.45) is -0.650. The number of aryl methyl sites for hydroxylation is 1. The van der Waals surface area contributed by atoms with Crippen molar-refractivity contribution < 1.29 is 13.9 Å². The third-order valence-electron chi connectivity index (χ3n) is 2.50. The highest BCUT2D eigenvalue weighted by atomic mass is 19.1. The maximum absolute atomic E-state index is 13.1. The van der Waals surface area contributed by atoms with E-state index in [1.165, 1.54) is 12.1 Å². The number of benzene rings is 1. The fraction of sp³-hybridized carbons (Fsp3) is 0.231. The van der Waals surface area contributed by atoms with Crippen molar-refractivity contribution >= 4 is 0 Å². The van der Waals surface area contributed by atoms with Crippen LogP contribution in [0.2, 0.25) is 0 Å². The number of aliphatic hydroxyl groups is 1. The van der Waals surface area contributed by atoms with E-state index in [0.29, 0.717) is 17.1 Å². The third-order valence-corrected chi connectivity index (χ3v) is 2.50. The second kappa shape index (κ2) is 4.10. The average Bonchev–Trinajstić information content (AvgIpc) is 2.70. The van der Waals surface area contributed by atoms with Crippen molar-refractivity contribution in [1.29, 1.82) is 0 Å². The third kappa shape index (κ3) is 1.99. The zero-order chi connectivity index (χ0) is 11.7. The van der Waals surface area contributed by atoms with Gasteiger partial charge >= 0.3 is 0 Å². The Kier molecular flexibility index (Phi) is 2.79. The van der Waals surface area contributed by atoms with Crippen molar-refractivity contribution in [1.82, 2.24) is 0 Å². The molecule has 0 spiro atoms. The first-order valence-electron chi connectivity index (χ1n) is 5.12. The molecular formula is C13H13FO2. The van der Waals surface area contributed by atoms with Crippen LogP contribution in [-0.2, 0) is 0 Å². The van der Waals surface area contributed by atoms with Gasteiger partial charge in [-0.2, -0.15) is 0 Å². The van der Waals surface area contributed by atoms with Gasteiger partial charge < -0.3 is 9.52 Å². The standard InChI is InChI=1S/C13H13FO2/c1-8-3-4-10(14)7-11(8)13-6-5-12(16-13)9(2)15/h3-7,9,15H,1-2H3. The Hall–Kier alpha value is -1.61. The zero-order valence-corrected chi connectivity index (χ0v) is 9.20. The number of halogens is 1. The molecule has 84 valence electrons. The first-order chi connectivity index (χ1) is 7.58. The highest BCUT2D eigenvalue weighted by molar-refractivity contribution is 5.62. The van der Waals surface area contributed by atoms with Crippen LogP contribution in [0.1, 0.15) is 24.4 Å². The fourth-order valence-electron chi connectivity index (χ4n) is 1.58. The van der Waals surface area contributed by atoms with Crippen LogP contribution in [0.5, 0.6) is 0 Å². The topological polar surface area (TPSA) is 33.4 Å². The molecule has 2 rings (SSSR count). The maximum Gasteiger partial charge on any atom is 0.134 e. The van der Waals surface area contributed by atoms with E-state index in [1.807, 2.05) is 6.92 Å². The second-order valence-electron chi connectivity index (χ2n) is 3.84.